The van der Waals surface area contributed by atoms with Crippen molar-refractivity contribution in [2.24, 2.45) is 21.2 Å². The normalized spacial score (nSPS) is 24.4. The van der Waals surface area contributed by atoms with E-state index in [1.807, 2.05) is 27.8 Å². The molecule has 1 unspecified atom stereocenters. The molecule has 0 saturated carbocycles. The maximum atomic E-state index is 14.5. The second-order valence-electron chi connectivity index (χ2n) is 10.3. The molecule has 0 fully saturated rings. The Bertz CT molecular complexity index is 869. The molecule has 2 aliphatic rings. The molecule has 0 bridgehead atoms. The zero-order chi connectivity index (χ0) is 25.2. The van der Waals surface area contributed by atoms with E-state index in [-0.39, 0.29) is 23.7 Å². The number of aliphatic hydroxyl groups is 2. The van der Waals surface area contributed by atoms with Crippen LogP contribution in [0.4, 0.5) is 4.39 Å². The summed E-state index contributed by atoms with van der Waals surface area (Å²) in [5.74, 6) is 0.329. The quantitative estimate of drug-likeness (QED) is 0.0899. The van der Waals surface area contributed by atoms with Gasteiger partial charge in [-0.25, -0.2) is 0 Å². The Balaban J connectivity index is 2.54. The molecular weight excluding hydrogens is 530 g/mol. The van der Waals surface area contributed by atoms with Crippen molar-refractivity contribution in [3.8, 4) is 0 Å². The van der Waals surface area contributed by atoms with E-state index in [9.17, 15) is 14.6 Å². The van der Waals surface area contributed by atoms with Crippen LogP contribution in [0.2, 0.25) is 0 Å². The number of nitrogens with two attached hydrogens (primary N) is 1. The van der Waals surface area contributed by atoms with Gasteiger partial charge >= 0.3 is 209 Å². The summed E-state index contributed by atoms with van der Waals surface area (Å²) >= 11 is -2.04. The van der Waals surface area contributed by atoms with E-state index in [4.69, 9.17) is 3.95 Å². The number of rotatable bonds is 8. The van der Waals surface area contributed by atoms with E-state index in [0.717, 1.165) is 36.0 Å². The van der Waals surface area contributed by atoms with Gasteiger partial charge < -0.3 is 0 Å². The van der Waals surface area contributed by atoms with Gasteiger partial charge in [0.1, 0.15) is 0 Å². The summed E-state index contributed by atoms with van der Waals surface area (Å²) < 4.78 is 22.9. The molecule has 0 aromatic carbocycles. The predicted molar refractivity (Wildman–Crippen MR) is 147 cm³/mol. The summed E-state index contributed by atoms with van der Waals surface area (Å²) in [7, 11) is 1.99. The molecule has 0 aromatic rings. The number of hydrogen-bond acceptors (Lipinski definition) is 4. The minimum absolute atomic E-state index is 0.00439. The molecule has 5 N–H and O–H groups in total. The fourth-order valence-electron chi connectivity index (χ4n) is 6.03. The summed E-state index contributed by atoms with van der Waals surface area (Å²) in [5.41, 5.74) is 6.26. The van der Waals surface area contributed by atoms with Crippen LogP contribution in [0.5, 0.6) is 0 Å². The van der Waals surface area contributed by atoms with Gasteiger partial charge in [-0.2, -0.15) is 0 Å². The Hall–Kier alpha value is -0.540. The van der Waals surface area contributed by atoms with E-state index in [2.05, 4.69) is 39.9 Å². The number of alkyl halides is 1. The number of aliphatic hydroxyl groups excluding tert-OH is 1. The van der Waals surface area contributed by atoms with Crippen molar-refractivity contribution in [3.63, 3.8) is 0 Å². The molecule has 1 heterocycles. The van der Waals surface area contributed by atoms with Crippen molar-refractivity contribution in [1.82, 2.24) is 5.32 Å². The first-order valence-electron chi connectivity index (χ1n) is 12.2. The van der Waals surface area contributed by atoms with Crippen molar-refractivity contribution in [2.75, 3.05) is 11.5 Å². The van der Waals surface area contributed by atoms with Gasteiger partial charge in [0.15, 0.2) is 0 Å². The van der Waals surface area contributed by atoms with Crippen LogP contribution in [0, 0.1) is 17.3 Å². The Kier molecular flexibility index (Phi) is 9.97. The zero-order valence-electron chi connectivity index (χ0n) is 22.1. The first kappa shape index (κ1) is 28.7. The molecule has 190 valence electrons. The van der Waals surface area contributed by atoms with E-state index in [1.54, 1.807) is 0 Å². The van der Waals surface area contributed by atoms with Crippen LogP contribution < -0.4 is 9.26 Å². The second-order valence-corrected chi connectivity index (χ2v) is 14.4. The molecule has 0 radical (unpaired) electrons. The van der Waals surface area contributed by atoms with Crippen LogP contribution in [0.3, 0.4) is 0 Å². The number of hydrogen-bond donors (Lipinski definition) is 4. The predicted octanol–water partition coefficient (Wildman–Crippen LogP) is 6.30. The second kappa shape index (κ2) is 11.5. The Morgan fingerprint density at radius 3 is 2.27 bits per heavy atom. The first-order chi connectivity index (χ1) is 15.3. The van der Waals surface area contributed by atoms with Gasteiger partial charge in [0.2, 0.25) is 0 Å². The fourth-order valence-corrected chi connectivity index (χ4v) is 10.7. The van der Waals surface area contributed by atoms with Crippen LogP contribution >= 0.6 is 20.1 Å². The molecule has 4 atom stereocenters. The van der Waals surface area contributed by atoms with Crippen LogP contribution in [0.15, 0.2) is 42.8 Å². The molecule has 6 heteroatoms. The zero-order valence-corrected chi connectivity index (χ0v) is 24.2. The van der Waals surface area contributed by atoms with Crippen LogP contribution in [0.1, 0.15) is 81.1 Å². The maximum absolute atomic E-state index is 14.5. The standard InChI is InChI=1S/C27H46FIN2O2/c1-10-27(8,26(32)33)23(15(2)3)19(7)25(31-9)17(5)16(4)20-12-11-13-21-18(6)22(28)14-29(30)24(20)21/h17,19,25-26,31-33H,10-14,30H2,1-9H3/b20-16-/t17-,19+,25?,27+/m1/s1. The first-order valence-corrected chi connectivity index (χ1v) is 16.1. The topological polar surface area (TPSA) is 78.5 Å². The van der Waals surface area contributed by atoms with E-state index < -0.39 is 31.8 Å². The molecule has 1 aliphatic heterocycles. The van der Waals surface area contributed by atoms with Gasteiger partial charge in [0.25, 0.3) is 0 Å². The third-order valence-corrected chi connectivity index (χ3v) is 12.4. The minimum atomic E-state index is -2.04. The van der Waals surface area contributed by atoms with Gasteiger partial charge in [-0.1, -0.05) is 0 Å². The third-order valence-electron chi connectivity index (χ3n) is 8.23. The Morgan fingerprint density at radius 2 is 1.79 bits per heavy atom. The number of allylic oxidation sites excluding steroid dienone is 6. The number of nitrogens with one attached hydrogen (secondary N) is 1. The summed E-state index contributed by atoms with van der Waals surface area (Å²) in [6.45, 7) is 16.7. The third kappa shape index (κ3) is 5.50. The monoisotopic (exact) mass is 576 g/mol. The van der Waals surface area contributed by atoms with Gasteiger partial charge in [-0.15, -0.1) is 0 Å². The van der Waals surface area contributed by atoms with Crippen molar-refractivity contribution in [3.05, 3.63) is 42.8 Å². The summed E-state index contributed by atoms with van der Waals surface area (Å²) in [5, 5.41) is 24.1. The van der Waals surface area contributed by atoms with Gasteiger partial charge in [-0.05, 0) is 0 Å². The van der Waals surface area contributed by atoms with E-state index in [1.165, 1.54) is 20.3 Å². The van der Waals surface area contributed by atoms with Gasteiger partial charge in [-0.3, -0.25) is 0 Å². The molecular formula is C27H46FIN2O2. The Labute approximate surface area is 208 Å². The SMILES string of the molecule is CC[C@@](C)(C(=C(C)C)[C@H](C)C(NC)[C@H](C)/C(C)=C1/CCCC2=C1I(N)CC(F)=C2C)C(O)O. The van der Waals surface area contributed by atoms with Gasteiger partial charge in [0.05, 0.1) is 0 Å². The molecule has 33 heavy (non-hydrogen) atoms. The average Bonchev–Trinajstić information content (AvgIpc) is 2.76. The summed E-state index contributed by atoms with van der Waals surface area (Å²) in [6, 6.07) is 0.120. The molecule has 1 aliphatic carbocycles. The van der Waals surface area contributed by atoms with Crippen LogP contribution in [-0.2, 0) is 0 Å². The summed E-state index contributed by atoms with van der Waals surface area (Å²) in [6.07, 6.45) is 2.22. The average molecular weight is 577 g/mol. The molecule has 0 spiro atoms. The van der Waals surface area contributed by atoms with Crippen LogP contribution in [-0.4, -0.2) is 34.0 Å². The van der Waals surface area contributed by atoms with E-state index >= 15 is 0 Å². The fraction of sp³-hybridized carbons (Fsp3) is 0.704. The summed E-state index contributed by atoms with van der Waals surface area (Å²) in [4.78, 5) is 0. The Morgan fingerprint density at radius 1 is 1.18 bits per heavy atom. The van der Waals surface area contributed by atoms with E-state index in [0.29, 0.717) is 10.8 Å². The van der Waals surface area contributed by atoms with Crippen molar-refractivity contribution in [1.29, 1.82) is 0 Å². The van der Waals surface area contributed by atoms with Crippen molar-refractivity contribution >= 4 is 20.1 Å². The molecule has 0 amide bonds. The molecule has 0 saturated heterocycles. The van der Waals surface area contributed by atoms with Crippen molar-refractivity contribution in [2.45, 2.75) is 93.4 Å². The molecule has 2 rings (SSSR count). The van der Waals surface area contributed by atoms with Crippen molar-refractivity contribution < 1.29 is 14.6 Å². The molecule has 0 aromatic heterocycles. The molecule has 4 nitrogen and oxygen atoms in total. The van der Waals surface area contributed by atoms with Crippen LogP contribution in [0.25, 0.3) is 0 Å². The number of halogens is 2. The van der Waals surface area contributed by atoms with Gasteiger partial charge in [0, 0.05) is 0 Å².